The predicted molar refractivity (Wildman–Crippen MR) is 108 cm³/mol. The summed E-state index contributed by atoms with van der Waals surface area (Å²) in [7, 11) is 0. The van der Waals surface area contributed by atoms with Gasteiger partial charge < -0.3 is 5.73 Å². The Morgan fingerprint density at radius 3 is 2.22 bits per heavy atom. The Hall–Kier alpha value is -3.61. The summed E-state index contributed by atoms with van der Waals surface area (Å²) in [4.78, 5) is 8.20. The normalized spacial score (nSPS) is 10.8. The van der Waals surface area contributed by atoms with Crippen LogP contribution in [0.2, 0.25) is 0 Å². The first kappa shape index (κ1) is 18.2. The molecule has 1 heterocycles. The molecule has 3 aromatic rings. The molecule has 0 fully saturated rings. The summed E-state index contributed by atoms with van der Waals surface area (Å²) in [5.41, 5.74) is 9.68. The Balaban J connectivity index is 2.15. The molecule has 3 rings (SSSR count). The van der Waals surface area contributed by atoms with Gasteiger partial charge in [0.15, 0.2) is 0 Å². The van der Waals surface area contributed by atoms with Crippen LogP contribution in [0, 0.1) is 22.8 Å². The van der Waals surface area contributed by atoms with Crippen LogP contribution in [0.1, 0.15) is 5.56 Å². The lowest BCUT2D eigenvalue weighted by atomic mass is 9.99. The maximum Gasteiger partial charge on any atom is 0.207 e. The first-order valence-corrected chi connectivity index (χ1v) is 9.11. The van der Waals surface area contributed by atoms with Crippen LogP contribution in [0.4, 0.5) is 0 Å². The third-order valence-electron chi connectivity index (χ3n) is 3.80. The Labute approximate surface area is 161 Å². The van der Waals surface area contributed by atoms with Crippen LogP contribution in [-0.2, 0) is 0 Å². The van der Waals surface area contributed by atoms with Gasteiger partial charge in [0, 0.05) is 11.1 Å². The van der Waals surface area contributed by atoms with Crippen molar-refractivity contribution in [2.24, 2.45) is 10.7 Å². The summed E-state index contributed by atoms with van der Waals surface area (Å²) in [6.45, 7) is 0. The van der Waals surface area contributed by atoms with Crippen molar-refractivity contribution in [1.82, 2.24) is 4.98 Å². The number of pyridine rings is 1. The number of nitrogens with zero attached hydrogens (tertiary/aromatic N) is 4. The largest absolute Gasteiger partial charge is 0.386 e. The van der Waals surface area contributed by atoms with E-state index in [1.54, 1.807) is 6.19 Å². The highest BCUT2D eigenvalue weighted by molar-refractivity contribution is 8.00. The summed E-state index contributed by atoms with van der Waals surface area (Å²) >= 11 is 1.30. The van der Waals surface area contributed by atoms with Crippen molar-refractivity contribution >= 4 is 17.6 Å². The summed E-state index contributed by atoms with van der Waals surface area (Å²) in [6, 6.07) is 23.7. The van der Waals surface area contributed by atoms with E-state index in [-0.39, 0.29) is 11.6 Å². The predicted octanol–water partition coefficient (Wildman–Crippen LogP) is 4.22. The number of rotatable bonds is 5. The Kier molecular flexibility index (Phi) is 5.84. The third kappa shape index (κ3) is 4.33. The molecule has 0 radical (unpaired) electrons. The molecule has 0 aliphatic carbocycles. The molecule has 0 spiro atoms. The summed E-state index contributed by atoms with van der Waals surface area (Å²) in [6.07, 6.45) is 1.67. The maximum atomic E-state index is 9.77. The number of amidine groups is 1. The van der Waals surface area contributed by atoms with Gasteiger partial charge in [-0.15, -0.1) is 0 Å². The summed E-state index contributed by atoms with van der Waals surface area (Å²) in [5, 5.41) is 19.0. The van der Waals surface area contributed by atoms with E-state index in [0.29, 0.717) is 10.6 Å². The van der Waals surface area contributed by atoms with Crippen LogP contribution in [0.5, 0.6) is 0 Å². The summed E-state index contributed by atoms with van der Waals surface area (Å²) < 4.78 is 0. The molecule has 0 unspecified atom stereocenters. The number of aliphatic imine (C=N–C) groups is 1. The van der Waals surface area contributed by atoms with Crippen LogP contribution in [0.15, 0.2) is 76.7 Å². The van der Waals surface area contributed by atoms with Crippen molar-refractivity contribution in [3.8, 4) is 34.6 Å². The molecule has 5 nitrogen and oxygen atoms in total. The molecule has 2 N–H and O–H groups in total. The van der Waals surface area contributed by atoms with E-state index < -0.39 is 0 Å². The molecule has 0 aliphatic rings. The number of thioether (sulfide) groups is 1. The summed E-state index contributed by atoms with van der Waals surface area (Å²) in [5.74, 6) is 0.474. The molecular formula is C21H15N5S. The zero-order chi connectivity index (χ0) is 19.1. The SMILES string of the molecule is N#CN=C(N)CSc1nc(-c2ccccc2)cc(-c2ccccc2)c1C#N. The van der Waals surface area contributed by atoms with Gasteiger partial charge in [-0.1, -0.05) is 72.4 Å². The van der Waals surface area contributed by atoms with E-state index in [9.17, 15) is 5.26 Å². The fourth-order valence-electron chi connectivity index (χ4n) is 2.58. The lowest BCUT2D eigenvalue weighted by Crippen LogP contribution is -2.14. The first-order chi connectivity index (χ1) is 13.2. The van der Waals surface area contributed by atoms with Gasteiger partial charge in [0.05, 0.1) is 17.0 Å². The quantitative estimate of drug-likeness (QED) is 0.314. The van der Waals surface area contributed by atoms with Gasteiger partial charge in [-0.2, -0.15) is 15.5 Å². The highest BCUT2D eigenvalue weighted by Crippen LogP contribution is 2.34. The second-order valence-electron chi connectivity index (χ2n) is 5.57. The van der Waals surface area contributed by atoms with Crippen LogP contribution < -0.4 is 5.73 Å². The second kappa shape index (κ2) is 8.66. The van der Waals surface area contributed by atoms with E-state index >= 15 is 0 Å². The highest BCUT2D eigenvalue weighted by Gasteiger charge is 2.16. The van der Waals surface area contributed by atoms with E-state index in [4.69, 9.17) is 11.0 Å². The van der Waals surface area contributed by atoms with Crippen LogP contribution in [-0.4, -0.2) is 16.6 Å². The van der Waals surface area contributed by atoms with Crippen molar-refractivity contribution in [3.63, 3.8) is 0 Å². The minimum Gasteiger partial charge on any atom is -0.386 e. The Morgan fingerprint density at radius 1 is 1.00 bits per heavy atom. The molecule has 0 bridgehead atoms. The maximum absolute atomic E-state index is 9.77. The Bertz CT molecular complexity index is 1050. The van der Waals surface area contributed by atoms with Crippen molar-refractivity contribution in [3.05, 3.63) is 72.3 Å². The number of nitrogens with two attached hydrogens (primary N) is 1. The number of aromatic nitrogens is 1. The minimum atomic E-state index is 0.194. The zero-order valence-corrected chi connectivity index (χ0v) is 15.1. The molecule has 0 saturated heterocycles. The van der Waals surface area contributed by atoms with Crippen LogP contribution in [0.25, 0.3) is 22.4 Å². The molecular weight excluding hydrogens is 354 g/mol. The standard InChI is InChI=1S/C21H15N5S/c22-12-18-17(15-7-3-1-4-8-15)11-19(16-9-5-2-6-10-16)26-21(18)27-13-20(24)25-14-23/h1-11H,13H2,(H2,24,25). The number of hydrogen-bond donors (Lipinski definition) is 1. The monoisotopic (exact) mass is 369 g/mol. The lowest BCUT2D eigenvalue weighted by Gasteiger charge is -2.12. The average molecular weight is 369 g/mol. The molecule has 27 heavy (non-hydrogen) atoms. The van der Waals surface area contributed by atoms with Gasteiger partial charge >= 0.3 is 0 Å². The molecule has 1 aromatic heterocycles. The fraction of sp³-hybridized carbons (Fsp3) is 0.0476. The lowest BCUT2D eigenvalue weighted by molar-refractivity contribution is 1.12. The highest BCUT2D eigenvalue weighted by atomic mass is 32.2. The van der Waals surface area contributed by atoms with E-state index in [1.807, 2.05) is 66.7 Å². The molecule has 0 amide bonds. The third-order valence-corrected chi connectivity index (χ3v) is 4.81. The smallest absolute Gasteiger partial charge is 0.207 e. The Morgan fingerprint density at radius 2 is 1.63 bits per heavy atom. The van der Waals surface area contributed by atoms with Gasteiger partial charge in [-0.25, -0.2) is 4.98 Å². The molecule has 0 saturated carbocycles. The minimum absolute atomic E-state index is 0.194. The molecule has 0 aliphatic heterocycles. The number of nitriles is 2. The number of benzene rings is 2. The van der Waals surface area contributed by atoms with Gasteiger partial charge in [0.2, 0.25) is 6.19 Å². The van der Waals surface area contributed by atoms with Gasteiger partial charge in [0.25, 0.3) is 0 Å². The van der Waals surface area contributed by atoms with Crippen molar-refractivity contribution in [1.29, 1.82) is 10.5 Å². The molecule has 130 valence electrons. The van der Waals surface area contributed by atoms with Crippen molar-refractivity contribution in [2.45, 2.75) is 5.03 Å². The van der Waals surface area contributed by atoms with Crippen molar-refractivity contribution < 1.29 is 0 Å². The zero-order valence-electron chi connectivity index (χ0n) is 14.3. The van der Waals surface area contributed by atoms with E-state index in [2.05, 4.69) is 16.0 Å². The second-order valence-corrected chi connectivity index (χ2v) is 6.53. The molecule has 2 aromatic carbocycles. The fourth-order valence-corrected chi connectivity index (χ4v) is 3.39. The van der Waals surface area contributed by atoms with E-state index in [0.717, 1.165) is 22.4 Å². The van der Waals surface area contributed by atoms with E-state index in [1.165, 1.54) is 11.8 Å². The number of hydrogen-bond acceptors (Lipinski definition) is 5. The van der Waals surface area contributed by atoms with Gasteiger partial charge in [-0.05, 0) is 11.6 Å². The topological polar surface area (TPSA) is 98.8 Å². The van der Waals surface area contributed by atoms with Crippen LogP contribution >= 0.6 is 11.8 Å². The molecule has 0 atom stereocenters. The average Bonchev–Trinajstić information content (AvgIpc) is 2.73. The van der Waals surface area contributed by atoms with Gasteiger partial charge in [-0.3, -0.25) is 0 Å². The van der Waals surface area contributed by atoms with Crippen LogP contribution in [0.3, 0.4) is 0 Å². The van der Waals surface area contributed by atoms with Crippen molar-refractivity contribution in [2.75, 3.05) is 5.75 Å². The van der Waals surface area contributed by atoms with Gasteiger partial charge in [0.1, 0.15) is 16.9 Å². The molecule has 6 heteroatoms. The first-order valence-electron chi connectivity index (χ1n) is 8.13.